The maximum absolute atomic E-state index is 5.96. The Hall–Kier alpha value is -1.64. The average Bonchev–Trinajstić information content (AvgIpc) is 2.47. The van der Waals surface area contributed by atoms with Gasteiger partial charge in [-0.25, -0.2) is 0 Å². The number of hydrogen-bond acceptors (Lipinski definition) is 2. The van der Waals surface area contributed by atoms with E-state index in [2.05, 4.69) is 59.9 Å². The van der Waals surface area contributed by atoms with Crippen LogP contribution in [0.25, 0.3) is 0 Å². The molecule has 0 unspecified atom stereocenters. The number of benzene rings is 2. The van der Waals surface area contributed by atoms with Crippen molar-refractivity contribution in [1.82, 2.24) is 5.32 Å². The lowest BCUT2D eigenvalue weighted by Crippen LogP contribution is -2.57. The van der Waals surface area contributed by atoms with Crippen molar-refractivity contribution in [1.29, 1.82) is 0 Å². The normalized spacial score (nSPS) is 16.6. The van der Waals surface area contributed by atoms with Crippen molar-refractivity contribution in [2.45, 2.75) is 13.0 Å². The van der Waals surface area contributed by atoms with E-state index in [1.165, 1.54) is 11.1 Å². The zero-order chi connectivity index (χ0) is 13.7. The van der Waals surface area contributed by atoms with Gasteiger partial charge in [0.25, 0.3) is 0 Å². The van der Waals surface area contributed by atoms with Crippen LogP contribution in [0.3, 0.4) is 0 Å². The summed E-state index contributed by atoms with van der Waals surface area (Å²) in [5.74, 6) is 0. The monoisotopic (exact) mass is 267 g/mol. The van der Waals surface area contributed by atoms with Gasteiger partial charge in [-0.05, 0) is 17.5 Å². The summed E-state index contributed by atoms with van der Waals surface area (Å²) < 4.78 is 5.96. The molecule has 0 spiro atoms. The highest BCUT2D eigenvalue weighted by molar-refractivity contribution is 5.18. The van der Waals surface area contributed by atoms with Crippen LogP contribution in [0.2, 0.25) is 0 Å². The summed E-state index contributed by atoms with van der Waals surface area (Å²) in [6.07, 6.45) is 1.09. The second-order valence-electron chi connectivity index (χ2n) is 5.74. The van der Waals surface area contributed by atoms with E-state index in [1.807, 2.05) is 6.07 Å². The highest BCUT2D eigenvalue weighted by Gasteiger charge is 2.37. The van der Waals surface area contributed by atoms with Gasteiger partial charge in [0.05, 0.1) is 13.2 Å². The van der Waals surface area contributed by atoms with Gasteiger partial charge >= 0.3 is 0 Å². The molecule has 0 radical (unpaired) electrons. The van der Waals surface area contributed by atoms with E-state index < -0.39 is 0 Å². The predicted octanol–water partition coefficient (Wildman–Crippen LogP) is 3.04. The summed E-state index contributed by atoms with van der Waals surface area (Å²) in [5.41, 5.74) is 2.92. The molecular formula is C18H21NO. The topological polar surface area (TPSA) is 21.3 Å². The zero-order valence-corrected chi connectivity index (χ0v) is 11.7. The van der Waals surface area contributed by atoms with E-state index in [4.69, 9.17) is 4.74 Å². The first-order chi connectivity index (χ1) is 9.86. The summed E-state index contributed by atoms with van der Waals surface area (Å²) in [6.45, 7) is 3.63. The molecule has 1 heterocycles. The summed E-state index contributed by atoms with van der Waals surface area (Å²) in [4.78, 5) is 0. The van der Waals surface area contributed by atoms with Crippen LogP contribution in [0.5, 0.6) is 0 Å². The van der Waals surface area contributed by atoms with Crippen molar-refractivity contribution < 1.29 is 4.74 Å². The molecule has 2 nitrogen and oxygen atoms in total. The Kier molecular flexibility index (Phi) is 4.14. The standard InChI is InChI=1S/C18H21NO/c1-3-7-16(8-4-1)11-18(13-19-14-18)15-20-12-17-9-5-2-6-10-17/h1-10,19H,11-15H2. The van der Waals surface area contributed by atoms with E-state index in [0.717, 1.165) is 26.1 Å². The molecule has 0 aromatic heterocycles. The van der Waals surface area contributed by atoms with Crippen LogP contribution in [-0.4, -0.2) is 19.7 Å². The summed E-state index contributed by atoms with van der Waals surface area (Å²) in [7, 11) is 0. The lowest BCUT2D eigenvalue weighted by molar-refractivity contribution is 0.00251. The van der Waals surface area contributed by atoms with Crippen LogP contribution in [0.1, 0.15) is 11.1 Å². The van der Waals surface area contributed by atoms with Gasteiger partial charge < -0.3 is 10.1 Å². The molecule has 0 saturated carbocycles. The fraction of sp³-hybridized carbons (Fsp3) is 0.333. The number of hydrogen-bond donors (Lipinski definition) is 1. The molecule has 104 valence electrons. The minimum absolute atomic E-state index is 0.274. The van der Waals surface area contributed by atoms with Crippen LogP contribution in [-0.2, 0) is 17.8 Å². The second-order valence-corrected chi connectivity index (χ2v) is 5.74. The SMILES string of the molecule is c1ccc(COCC2(Cc3ccccc3)CNC2)cc1. The van der Waals surface area contributed by atoms with E-state index in [9.17, 15) is 0 Å². The summed E-state index contributed by atoms with van der Waals surface area (Å²) in [6, 6.07) is 21.1. The zero-order valence-electron chi connectivity index (χ0n) is 11.7. The molecule has 1 N–H and O–H groups in total. The van der Waals surface area contributed by atoms with Crippen LogP contribution < -0.4 is 5.32 Å². The predicted molar refractivity (Wildman–Crippen MR) is 81.5 cm³/mol. The van der Waals surface area contributed by atoms with Gasteiger partial charge in [-0.3, -0.25) is 0 Å². The van der Waals surface area contributed by atoms with E-state index in [1.54, 1.807) is 0 Å². The molecular weight excluding hydrogens is 246 g/mol. The van der Waals surface area contributed by atoms with Crippen molar-refractivity contribution in [3.05, 3.63) is 71.8 Å². The first kappa shape index (κ1) is 13.3. The average molecular weight is 267 g/mol. The Morgan fingerprint density at radius 3 is 2.00 bits per heavy atom. The van der Waals surface area contributed by atoms with Gasteiger partial charge in [0, 0.05) is 18.5 Å². The first-order valence-electron chi connectivity index (χ1n) is 7.23. The molecule has 0 amide bonds. The quantitative estimate of drug-likeness (QED) is 0.868. The van der Waals surface area contributed by atoms with Gasteiger partial charge in [0.15, 0.2) is 0 Å². The lowest BCUT2D eigenvalue weighted by Gasteiger charge is -2.42. The van der Waals surface area contributed by atoms with Crippen molar-refractivity contribution >= 4 is 0 Å². The van der Waals surface area contributed by atoms with Crippen LogP contribution in [0.4, 0.5) is 0 Å². The maximum Gasteiger partial charge on any atom is 0.0717 e. The van der Waals surface area contributed by atoms with Crippen molar-refractivity contribution in [2.75, 3.05) is 19.7 Å². The fourth-order valence-electron chi connectivity index (χ4n) is 2.75. The van der Waals surface area contributed by atoms with Crippen molar-refractivity contribution in [2.24, 2.45) is 5.41 Å². The largest absolute Gasteiger partial charge is 0.376 e. The van der Waals surface area contributed by atoms with Gasteiger partial charge in [-0.2, -0.15) is 0 Å². The molecule has 1 aliphatic rings. The van der Waals surface area contributed by atoms with Crippen molar-refractivity contribution in [3.63, 3.8) is 0 Å². The van der Waals surface area contributed by atoms with E-state index in [0.29, 0.717) is 6.61 Å². The molecule has 0 atom stereocenters. The van der Waals surface area contributed by atoms with Gasteiger partial charge in [-0.1, -0.05) is 60.7 Å². The Morgan fingerprint density at radius 2 is 1.45 bits per heavy atom. The van der Waals surface area contributed by atoms with Crippen LogP contribution in [0.15, 0.2) is 60.7 Å². The third-order valence-electron chi connectivity index (χ3n) is 3.94. The molecule has 20 heavy (non-hydrogen) atoms. The van der Waals surface area contributed by atoms with E-state index >= 15 is 0 Å². The molecule has 0 aliphatic carbocycles. The molecule has 1 aliphatic heterocycles. The molecule has 1 saturated heterocycles. The Bertz CT molecular complexity index is 520. The molecule has 0 bridgehead atoms. The maximum atomic E-state index is 5.96. The van der Waals surface area contributed by atoms with Gasteiger partial charge in [0.1, 0.15) is 0 Å². The minimum Gasteiger partial charge on any atom is -0.376 e. The lowest BCUT2D eigenvalue weighted by atomic mass is 9.77. The van der Waals surface area contributed by atoms with Crippen molar-refractivity contribution in [3.8, 4) is 0 Å². The third kappa shape index (κ3) is 3.27. The molecule has 2 aromatic carbocycles. The highest BCUT2D eigenvalue weighted by atomic mass is 16.5. The number of nitrogens with one attached hydrogen (secondary N) is 1. The fourth-order valence-corrected chi connectivity index (χ4v) is 2.75. The molecule has 2 heteroatoms. The highest BCUT2D eigenvalue weighted by Crippen LogP contribution is 2.28. The van der Waals surface area contributed by atoms with Gasteiger partial charge in [-0.15, -0.1) is 0 Å². The third-order valence-corrected chi connectivity index (χ3v) is 3.94. The van der Waals surface area contributed by atoms with Crippen LogP contribution >= 0.6 is 0 Å². The smallest absolute Gasteiger partial charge is 0.0717 e. The Balaban J connectivity index is 1.54. The first-order valence-corrected chi connectivity index (χ1v) is 7.23. The molecule has 1 fully saturated rings. The number of rotatable bonds is 6. The molecule has 2 aromatic rings. The van der Waals surface area contributed by atoms with Gasteiger partial charge in [0.2, 0.25) is 0 Å². The van der Waals surface area contributed by atoms with Crippen LogP contribution in [0, 0.1) is 5.41 Å². The molecule has 3 rings (SSSR count). The second kappa shape index (κ2) is 6.21. The van der Waals surface area contributed by atoms with E-state index in [-0.39, 0.29) is 5.41 Å². The summed E-state index contributed by atoms with van der Waals surface area (Å²) >= 11 is 0. The Morgan fingerprint density at radius 1 is 0.850 bits per heavy atom. The summed E-state index contributed by atoms with van der Waals surface area (Å²) in [5, 5.41) is 3.39. The number of ether oxygens (including phenoxy) is 1. The minimum atomic E-state index is 0.274. The Labute approximate surface area is 120 Å².